The summed E-state index contributed by atoms with van der Waals surface area (Å²) < 4.78 is 1.95. The van der Waals surface area contributed by atoms with Crippen LogP contribution in [0.1, 0.15) is 39.1 Å². The second kappa shape index (κ2) is 5.31. The average Bonchev–Trinajstić information content (AvgIpc) is 2.60. The van der Waals surface area contributed by atoms with Crippen molar-refractivity contribution in [3.8, 4) is 0 Å². The summed E-state index contributed by atoms with van der Waals surface area (Å²) in [5.41, 5.74) is 2.33. The molecule has 1 N–H and O–H groups in total. The summed E-state index contributed by atoms with van der Waals surface area (Å²) in [5.74, 6) is 0.281. The maximum Gasteiger partial charge on any atom is 0.0759 e. The molecular weight excluding hydrogens is 188 g/mol. The lowest BCUT2D eigenvalue weighted by Gasteiger charge is -2.15. The standard InChI is InChI=1S/C12H22N2O/c1-5-10-7-11(6-2)14(13-10)8-12(15)9(3)4/h7,9,12,15H,5-6,8H2,1-4H3. The molecule has 1 aromatic heterocycles. The van der Waals surface area contributed by atoms with E-state index < -0.39 is 0 Å². The van der Waals surface area contributed by atoms with Gasteiger partial charge in [-0.05, 0) is 24.8 Å². The van der Waals surface area contributed by atoms with Gasteiger partial charge in [0, 0.05) is 5.69 Å². The van der Waals surface area contributed by atoms with Gasteiger partial charge in [0.25, 0.3) is 0 Å². The van der Waals surface area contributed by atoms with Gasteiger partial charge in [-0.2, -0.15) is 5.10 Å². The molecule has 15 heavy (non-hydrogen) atoms. The summed E-state index contributed by atoms with van der Waals surface area (Å²) in [6.07, 6.45) is 1.62. The van der Waals surface area contributed by atoms with E-state index in [4.69, 9.17) is 0 Å². The van der Waals surface area contributed by atoms with Gasteiger partial charge in [0.2, 0.25) is 0 Å². The lowest BCUT2D eigenvalue weighted by molar-refractivity contribution is 0.102. The van der Waals surface area contributed by atoms with E-state index in [-0.39, 0.29) is 12.0 Å². The first-order chi connectivity index (χ1) is 7.08. The van der Waals surface area contributed by atoms with E-state index in [2.05, 4.69) is 25.0 Å². The molecule has 0 spiro atoms. The highest BCUT2D eigenvalue weighted by Gasteiger charge is 2.13. The lowest BCUT2D eigenvalue weighted by Crippen LogP contribution is -2.23. The second-order valence-corrected chi connectivity index (χ2v) is 4.33. The maximum atomic E-state index is 9.82. The zero-order chi connectivity index (χ0) is 11.4. The first-order valence-corrected chi connectivity index (χ1v) is 5.82. The van der Waals surface area contributed by atoms with Gasteiger partial charge < -0.3 is 5.11 Å². The fourth-order valence-corrected chi connectivity index (χ4v) is 1.52. The zero-order valence-corrected chi connectivity index (χ0v) is 10.2. The molecule has 1 atom stereocenters. The third-order valence-electron chi connectivity index (χ3n) is 2.77. The molecule has 1 heterocycles. The predicted octanol–water partition coefficient (Wildman–Crippen LogP) is 2.02. The number of hydrogen-bond acceptors (Lipinski definition) is 2. The molecule has 1 rings (SSSR count). The van der Waals surface area contributed by atoms with Crippen molar-refractivity contribution in [1.29, 1.82) is 0 Å². The van der Waals surface area contributed by atoms with Crippen molar-refractivity contribution in [3.05, 3.63) is 17.5 Å². The van der Waals surface area contributed by atoms with E-state index in [0.717, 1.165) is 18.5 Å². The van der Waals surface area contributed by atoms with Crippen LogP contribution in [-0.4, -0.2) is 21.0 Å². The summed E-state index contributed by atoms with van der Waals surface area (Å²) in [7, 11) is 0. The van der Waals surface area contributed by atoms with Crippen molar-refractivity contribution < 1.29 is 5.11 Å². The second-order valence-electron chi connectivity index (χ2n) is 4.33. The normalized spacial score (nSPS) is 13.5. The summed E-state index contributed by atoms with van der Waals surface area (Å²) in [5, 5.41) is 14.3. The Morgan fingerprint density at radius 3 is 2.47 bits per heavy atom. The quantitative estimate of drug-likeness (QED) is 0.807. The van der Waals surface area contributed by atoms with Gasteiger partial charge in [-0.3, -0.25) is 4.68 Å². The van der Waals surface area contributed by atoms with Crippen LogP contribution in [0.5, 0.6) is 0 Å². The molecule has 0 aliphatic rings. The fraction of sp³-hybridized carbons (Fsp3) is 0.750. The number of aryl methyl sites for hydroxylation is 2. The maximum absolute atomic E-state index is 9.82. The summed E-state index contributed by atoms with van der Waals surface area (Å²) in [4.78, 5) is 0. The Kier molecular flexibility index (Phi) is 4.33. The summed E-state index contributed by atoms with van der Waals surface area (Å²) in [6.45, 7) is 8.89. The number of aromatic nitrogens is 2. The zero-order valence-electron chi connectivity index (χ0n) is 10.2. The van der Waals surface area contributed by atoms with Crippen LogP contribution in [0.2, 0.25) is 0 Å². The third-order valence-corrected chi connectivity index (χ3v) is 2.77. The van der Waals surface area contributed by atoms with Crippen molar-refractivity contribution in [2.45, 2.75) is 53.2 Å². The predicted molar refractivity (Wildman–Crippen MR) is 61.8 cm³/mol. The molecule has 0 amide bonds. The largest absolute Gasteiger partial charge is 0.391 e. The van der Waals surface area contributed by atoms with E-state index in [1.807, 2.05) is 18.5 Å². The van der Waals surface area contributed by atoms with Crippen molar-refractivity contribution in [2.75, 3.05) is 0 Å². The van der Waals surface area contributed by atoms with Crippen LogP contribution >= 0.6 is 0 Å². The van der Waals surface area contributed by atoms with E-state index in [1.165, 1.54) is 5.69 Å². The van der Waals surface area contributed by atoms with Crippen LogP contribution in [0.4, 0.5) is 0 Å². The number of hydrogen-bond donors (Lipinski definition) is 1. The van der Waals surface area contributed by atoms with Gasteiger partial charge >= 0.3 is 0 Å². The van der Waals surface area contributed by atoms with E-state index >= 15 is 0 Å². The van der Waals surface area contributed by atoms with E-state index in [0.29, 0.717) is 6.54 Å². The molecule has 0 fully saturated rings. The van der Waals surface area contributed by atoms with Gasteiger partial charge in [-0.1, -0.05) is 27.7 Å². The number of aliphatic hydroxyl groups excluding tert-OH is 1. The van der Waals surface area contributed by atoms with E-state index in [1.54, 1.807) is 0 Å². The van der Waals surface area contributed by atoms with Gasteiger partial charge in [0.1, 0.15) is 0 Å². The highest BCUT2D eigenvalue weighted by molar-refractivity contribution is 5.10. The van der Waals surface area contributed by atoms with Crippen LogP contribution in [0.25, 0.3) is 0 Å². The topological polar surface area (TPSA) is 38.0 Å². The molecule has 3 nitrogen and oxygen atoms in total. The fourth-order valence-electron chi connectivity index (χ4n) is 1.52. The van der Waals surface area contributed by atoms with Gasteiger partial charge in [0.15, 0.2) is 0 Å². The monoisotopic (exact) mass is 210 g/mol. The molecule has 0 saturated heterocycles. The molecule has 0 bridgehead atoms. The highest BCUT2D eigenvalue weighted by atomic mass is 16.3. The molecule has 1 unspecified atom stereocenters. The molecule has 3 heteroatoms. The molecular formula is C12H22N2O. The first kappa shape index (κ1) is 12.2. The minimum atomic E-state index is -0.306. The Labute approximate surface area is 92.1 Å². The van der Waals surface area contributed by atoms with Crippen molar-refractivity contribution in [3.63, 3.8) is 0 Å². The third kappa shape index (κ3) is 3.06. The number of aliphatic hydroxyl groups is 1. The molecule has 1 aromatic rings. The van der Waals surface area contributed by atoms with Crippen molar-refractivity contribution in [1.82, 2.24) is 9.78 Å². The Balaban J connectivity index is 2.78. The van der Waals surface area contributed by atoms with Crippen LogP contribution < -0.4 is 0 Å². The Bertz CT molecular complexity index is 305. The lowest BCUT2D eigenvalue weighted by atomic mass is 10.1. The van der Waals surface area contributed by atoms with Gasteiger partial charge in [-0.25, -0.2) is 0 Å². The minimum Gasteiger partial charge on any atom is -0.391 e. The Morgan fingerprint density at radius 2 is 2.00 bits per heavy atom. The summed E-state index contributed by atoms with van der Waals surface area (Å²) in [6, 6.07) is 2.13. The number of rotatable bonds is 5. The molecule has 0 aliphatic heterocycles. The van der Waals surface area contributed by atoms with E-state index in [9.17, 15) is 5.11 Å². The Hall–Kier alpha value is -0.830. The van der Waals surface area contributed by atoms with Crippen LogP contribution in [0, 0.1) is 5.92 Å². The SMILES string of the molecule is CCc1cc(CC)n(CC(O)C(C)C)n1. The van der Waals surface area contributed by atoms with Crippen LogP contribution in [0.15, 0.2) is 6.07 Å². The molecule has 0 radical (unpaired) electrons. The first-order valence-electron chi connectivity index (χ1n) is 5.82. The molecule has 0 aliphatic carbocycles. The molecule has 0 saturated carbocycles. The number of nitrogens with zero attached hydrogens (tertiary/aromatic N) is 2. The molecule has 0 aromatic carbocycles. The van der Waals surface area contributed by atoms with Crippen LogP contribution in [0.3, 0.4) is 0 Å². The van der Waals surface area contributed by atoms with Crippen LogP contribution in [-0.2, 0) is 19.4 Å². The van der Waals surface area contributed by atoms with Crippen molar-refractivity contribution in [2.24, 2.45) is 5.92 Å². The average molecular weight is 210 g/mol. The highest BCUT2D eigenvalue weighted by Crippen LogP contribution is 2.10. The molecule has 86 valence electrons. The minimum absolute atomic E-state index is 0.281. The smallest absolute Gasteiger partial charge is 0.0759 e. The van der Waals surface area contributed by atoms with Gasteiger partial charge in [0.05, 0.1) is 18.3 Å². The van der Waals surface area contributed by atoms with Gasteiger partial charge in [-0.15, -0.1) is 0 Å². The van der Waals surface area contributed by atoms with Crippen molar-refractivity contribution >= 4 is 0 Å². The Morgan fingerprint density at radius 1 is 1.33 bits per heavy atom. The summed E-state index contributed by atoms with van der Waals surface area (Å²) >= 11 is 0.